The second-order valence-corrected chi connectivity index (χ2v) is 7.57. The van der Waals surface area contributed by atoms with Crippen molar-refractivity contribution < 1.29 is 66.9 Å². The van der Waals surface area contributed by atoms with Crippen LogP contribution in [0.1, 0.15) is 0 Å². The number of rotatable bonds is 6. The number of phosphoric acid groups is 2. The van der Waals surface area contributed by atoms with Gasteiger partial charge in [0.15, 0.2) is 0 Å². The molecule has 0 atom stereocenters. The van der Waals surface area contributed by atoms with Gasteiger partial charge in [-0.3, -0.25) is 9.79 Å². The molecule has 0 heterocycles. The maximum atomic E-state index is 11.6. The molecular weight excluding hydrogens is 429 g/mol. The van der Waals surface area contributed by atoms with Gasteiger partial charge in [0.05, 0.1) is 0 Å². The summed E-state index contributed by atoms with van der Waals surface area (Å²) in [6, 6.07) is 24.3. The summed E-state index contributed by atoms with van der Waals surface area (Å²) in [6.07, 6.45) is 0. The van der Waals surface area contributed by atoms with E-state index >= 15 is 0 Å². The molecule has 148 valence electrons. The average molecular weight is 446 g/mol. The molecule has 11 heteroatoms. The number of para-hydroxylation sites is 3. The smallest absolute Gasteiger partial charge is 0.736 e. The minimum absolute atomic E-state index is 0. The Morgan fingerprint density at radius 2 is 0.862 bits per heavy atom. The van der Waals surface area contributed by atoms with Gasteiger partial charge in [0, 0.05) is 0 Å². The van der Waals surface area contributed by atoms with Crippen LogP contribution >= 0.6 is 15.6 Å². The number of hydrogen-bond acceptors (Lipinski definition) is 6. The predicted molar refractivity (Wildman–Crippen MR) is 101 cm³/mol. The molecule has 0 bridgehead atoms. The molecule has 0 saturated carbocycles. The minimum atomic E-state index is -4.39. The first-order chi connectivity index (χ1) is 13.2. The van der Waals surface area contributed by atoms with Crippen LogP contribution in [0.25, 0.3) is 0 Å². The maximum absolute atomic E-state index is 11.6. The molecule has 0 spiro atoms. The molecule has 0 unspecified atom stereocenters. The van der Waals surface area contributed by atoms with Crippen LogP contribution in [0.4, 0.5) is 0 Å². The third-order valence-corrected chi connectivity index (χ3v) is 4.21. The summed E-state index contributed by atoms with van der Waals surface area (Å²) in [5, 5.41) is 0. The van der Waals surface area contributed by atoms with E-state index in [9.17, 15) is 14.0 Å². The van der Waals surface area contributed by atoms with Crippen LogP contribution in [0.3, 0.4) is 0 Å². The fourth-order valence-corrected chi connectivity index (χ4v) is 3.05. The Balaban J connectivity index is 0.000000306. The number of hydrogen-bond donors (Lipinski definition) is 2. The predicted octanol–water partition coefficient (Wildman–Crippen LogP) is 0.775. The first-order valence-electron chi connectivity index (χ1n) is 7.84. The summed E-state index contributed by atoms with van der Waals surface area (Å²) in [5.74, 6) is 0.615. The third kappa shape index (κ3) is 11.2. The van der Waals surface area contributed by atoms with Crippen molar-refractivity contribution in [2.24, 2.45) is 0 Å². The fraction of sp³-hybridized carbons (Fsp3) is 0. The molecule has 0 saturated heterocycles. The number of phosphoric ester groups is 2. The molecule has 0 radical (unpaired) electrons. The van der Waals surface area contributed by atoms with Crippen LogP contribution in [-0.4, -0.2) is 9.79 Å². The van der Waals surface area contributed by atoms with E-state index in [0.717, 1.165) is 0 Å². The molecule has 0 aromatic heterocycles. The zero-order chi connectivity index (χ0) is 20.5. The van der Waals surface area contributed by atoms with E-state index in [1.165, 1.54) is 12.1 Å². The quantitative estimate of drug-likeness (QED) is 0.420. The molecule has 0 aliphatic rings. The Morgan fingerprint density at radius 3 is 1.14 bits per heavy atom. The van der Waals surface area contributed by atoms with E-state index in [0.29, 0.717) is 0 Å². The van der Waals surface area contributed by atoms with Crippen molar-refractivity contribution in [3.63, 3.8) is 0 Å². The van der Waals surface area contributed by atoms with Gasteiger partial charge in [-0.1, -0.05) is 54.6 Å². The van der Waals surface area contributed by atoms with Crippen LogP contribution in [0.5, 0.6) is 17.2 Å². The normalized spacial score (nSPS) is 10.6. The van der Waals surface area contributed by atoms with E-state index in [4.69, 9.17) is 18.8 Å². The van der Waals surface area contributed by atoms with Crippen molar-refractivity contribution in [1.29, 1.82) is 0 Å². The van der Waals surface area contributed by atoms with Gasteiger partial charge < -0.3 is 18.5 Å². The number of benzene rings is 3. The van der Waals surface area contributed by atoms with Gasteiger partial charge in [-0.05, 0) is 36.4 Å². The maximum Gasteiger partial charge on any atom is 1.00 e. The summed E-state index contributed by atoms with van der Waals surface area (Å²) in [7, 11) is -8.77. The molecule has 29 heavy (non-hydrogen) atoms. The van der Waals surface area contributed by atoms with Crippen molar-refractivity contribution in [3.05, 3.63) is 91.0 Å². The largest absolute Gasteiger partial charge is 1.00 e. The fourth-order valence-electron chi connectivity index (χ4n) is 1.86. The first kappa shape index (κ1) is 25.4. The SMILES string of the molecule is O=P(O)(O)Oc1ccccc1.O=P([O-])(Oc1ccccc1)Oc1ccccc1.[Na+]. The second kappa shape index (κ2) is 12.2. The second-order valence-electron chi connectivity index (χ2n) is 5.15. The van der Waals surface area contributed by atoms with Gasteiger partial charge in [-0.2, -0.15) is 0 Å². The van der Waals surface area contributed by atoms with E-state index in [2.05, 4.69) is 4.52 Å². The van der Waals surface area contributed by atoms with Gasteiger partial charge in [0.1, 0.15) is 17.2 Å². The zero-order valence-electron chi connectivity index (χ0n) is 15.4. The van der Waals surface area contributed by atoms with Crippen molar-refractivity contribution in [3.8, 4) is 17.2 Å². The zero-order valence-corrected chi connectivity index (χ0v) is 19.2. The molecule has 0 amide bonds. The van der Waals surface area contributed by atoms with Gasteiger partial charge in [0.2, 0.25) is 0 Å². The van der Waals surface area contributed by atoms with E-state index < -0.39 is 15.6 Å². The topological polar surface area (TPSA) is 125 Å². The van der Waals surface area contributed by atoms with E-state index in [1.54, 1.807) is 78.9 Å². The third-order valence-electron chi connectivity index (χ3n) is 2.89. The summed E-state index contributed by atoms with van der Waals surface area (Å²) >= 11 is 0. The van der Waals surface area contributed by atoms with Crippen molar-refractivity contribution >= 4 is 15.6 Å². The van der Waals surface area contributed by atoms with Gasteiger partial charge >= 0.3 is 45.2 Å². The Morgan fingerprint density at radius 1 is 0.586 bits per heavy atom. The van der Waals surface area contributed by atoms with Crippen LogP contribution in [0.15, 0.2) is 91.0 Å². The summed E-state index contributed by atoms with van der Waals surface area (Å²) in [4.78, 5) is 28.3. The van der Waals surface area contributed by atoms with Gasteiger partial charge in [-0.25, -0.2) is 9.13 Å². The molecule has 2 N–H and O–H groups in total. The van der Waals surface area contributed by atoms with Gasteiger partial charge in [-0.15, -0.1) is 0 Å². The molecule has 8 nitrogen and oxygen atoms in total. The van der Waals surface area contributed by atoms with E-state index in [-0.39, 0.29) is 46.8 Å². The standard InChI is InChI=1S/C12H11O4P.C6H7O4P.Na/c13-17(14,15-11-7-3-1-4-8-11)16-12-9-5-2-6-10-12;7-11(8,9)10-6-4-2-1-3-5-6;/h1-10H,(H,13,14);1-5H,(H2,7,8,9);/q;;+1/p-1. The Hall–Kier alpha value is -1.60. The van der Waals surface area contributed by atoms with Crippen LogP contribution in [-0.2, 0) is 9.13 Å². The van der Waals surface area contributed by atoms with Crippen molar-refractivity contribution in [2.75, 3.05) is 0 Å². The summed E-state index contributed by atoms with van der Waals surface area (Å²) in [6.45, 7) is 0. The Bertz CT molecular complexity index is 890. The molecule has 0 fully saturated rings. The Labute approximate surface area is 190 Å². The molecule has 3 aromatic carbocycles. The molecule has 0 aliphatic carbocycles. The molecule has 0 aliphatic heterocycles. The minimum Gasteiger partial charge on any atom is -0.736 e. The van der Waals surface area contributed by atoms with Crippen molar-refractivity contribution in [2.45, 2.75) is 0 Å². The molecule has 3 rings (SSSR count). The van der Waals surface area contributed by atoms with Crippen LogP contribution in [0, 0.1) is 0 Å². The first-order valence-corrected chi connectivity index (χ1v) is 10.8. The van der Waals surface area contributed by atoms with Crippen molar-refractivity contribution in [1.82, 2.24) is 0 Å². The Kier molecular flexibility index (Phi) is 10.7. The average Bonchev–Trinajstić information content (AvgIpc) is 2.62. The van der Waals surface area contributed by atoms with E-state index in [1.807, 2.05) is 0 Å². The molecule has 3 aromatic rings. The summed E-state index contributed by atoms with van der Waals surface area (Å²) in [5.41, 5.74) is 0. The van der Waals surface area contributed by atoms with Gasteiger partial charge in [0.25, 0.3) is 0 Å². The molecular formula is C18H17NaO8P2. The van der Waals surface area contributed by atoms with Crippen LogP contribution < -0.4 is 48.0 Å². The summed E-state index contributed by atoms with van der Waals surface area (Å²) < 4.78 is 35.7. The monoisotopic (exact) mass is 446 g/mol. The van der Waals surface area contributed by atoms with Crippen LogP contribution in [0.2, 0.25) is 0 Å².